The Morgan fingerprint density at radius 1 is 1.00 bits per heavy atom. The van der Waals surface area contributed by atoms with Gasteiger partial charge >= 0.3 is 0 Å². The fourth-order valence-electron chi connectivity index (χ4n) is 2.10. The molecule has 2 aromatic rings. The Kier molecular flexibility index (Phi) is 4.61. The third kappa shape index (κ3) is 2.91. The van der Waals surface area contributed by atoms with Gasteiger partial charge in [-0.25, -0.2) is 0 Å². The number of ether oxygens (including phenoxy) is 2. The zero-order valence-electron chi connectivity index (χ0n) is 11.8. The van der Waals surface area contributed by atoms with Crippen molar-refractivity contribution in [2.24, 2.45) is 0 Å². The van der Waals surface area contributed by atoms with Crippen LogP contribution in [0.1, 0.15) is 11.1 Å². The van der Waals surface area contributed by atoms with Crippen LogP contribution in [0.5, 0.6) is 11.5 Å². The molecule has 0 N–H and O–H groups in total. The van der Waals surface area contributed by atoms with E-state index in [-0.39, 0.29) is 0 Å². The van der Waals surface area contributed by atoms with Crippen molar-refractivity contribution in [1.29, 1.82) is 0 Å². The first-order chi connectivity index (χ1) is 9.80. The number of methoxy groups -OCH3 is 2. The van der Waals surface area contributed by atoms with Crippen molar-refractivity contribution in [2.75, 3.05) is 14.2 Å². The van der Waals surface area contributed by atoms with Crippen LogP contribution in [0.3, 0.4) is 0 Å². The summed E-state index contributed by atoms with van der Waals surface area (Å²) >= 11 is 0. The van der Waals surface area contributed by atoms with Crippen molar-refractivity contribution < 1.29 is 9.47 Å². The second-order valence-electron chi connectivity index (χ2n) is 4.25. The van der Waals surface area contributed by atoms with Crippen LogP contribution in [-0.2, 0) is 0 Å². The molecule has 0 heterocycles. The molecular formula is C18H18O2. The van der Waals surface area contributed by atoms with Crippen molar-refractivity contribution in [2.45, 2.75) is 0 Å². The maximum atomic E-state index is 5.48. The molecule has 0 fully saturated rings. The van der Waals surface area contributed by atoms with E-state index < -0.39 is 0 Å². The molecule has 2 rings (SSSR count). The number of benzene rings is 2. The third-order valence-corrected chi connectivity index (χ3v) is 3.07. The largest absolute Gasteiger partial charge is 0.497 e. The van der Waals surface area contributed by atoms with Gasteiger partial charge in [0.2, 0.25) is 0 Å². The summed E-state index contributed by atoms with van der Waals surface area (Å²) in [5.74, 6) is 1.55. The third-order valence-electron chi connectivity index (χ3n) is 3.07. The monoisotopic (exact) mass is 266 g/mol. The summed E-state index contributed by atoms with van der Waals surface area (Å²) in [5.41, 5.74) is 3.20. The van der Waals surface area contributed by atoms with E-state index in [2.05, 4.69) is 18.7 Å². The zero-order chi connectivity index (χ0) is 14.4. The van der Waals surface area contributed by atoms with E-state index >= 15 is 0 Å². The zero-order valence-corrected chi connectivity index (χ0v) is 11.8. The molecule has 0 unspecified atom stereocenters. The lowest BCUT2D eigenvalue weighted by atomic mass is 9.96. The van der Waals surface area contributed by atoms with E-state index in [0.29, 0.717) is 0 Å². The highest BCUT2D eigenvalue weighted by atomic mass is 16.5. The molecule has 20 heavy (non-hydrogen) atoms. The molecule has 0 bridgehead atoms. The van der Waals surface area contributed by atoms with Crippen LogP contribution in [0.15, 0.2) is 67.3 Å². The first-order valence-corrected chi connectivity index (χ1v) is 6.40. The molecular weight excluding hydrogens is 248 g/mol. The maximum absolute atomic E-state index is 5.48. The first-order valence-electron chi connectivity index (χ1n) is 6.40. The minimum absolute atomic E-state index is 0.775. The van der Waals surface area contributed by atoms with Gasteiger partial charge in [-0.15, -0.1) is 0 Å². The van der Waals surface area contributed by atoms with E-state index in [0.717, 1.165) is 28.2 Å². The van der Waals surface area contributed by atoms with Gasteiger partial charge in [0.05, 0.1) is 14.2 Å². The van der Waals surface area contributed by atoms with Crippen LogP contribution in [0.4, 0.5) is 0 Å². The van der Waals surface area contributed by atoms with E-state index in [1.807, 2.05) is 42.5 Å². The van der Waals surface area contributed by atoms with Gasteiger partial charge in [-0.3, -0.25) is 0 Å². The van der Waals surface area contributed by atoms with E-state index in [1.165, 1.54) is 0 Å². The Morgan fingerprint density at radius 3 is 2.35 bits per heavy atom. The van der Waals surface area contributed by atoms with Crippen LogP contribution in [-0.4, -0.2) is 14.2 Å². The lowest BCUT2D eigenvalue weighted by Gasteiger charge is -2.13. The second-order valence-corrected chi connectivity index (χ2v) is 4.25. The second kappa shape index (κ2) is 6.62. The number of hydrogen-bond acceptors (Lipinski definition) is 2. The molecule has 2 heteroatoms. The SMILES string of the molecule is C=CC=C(c1ccccc1)c1ccc(OC)cc1OC. The summed E-state index contributed by atoms with van der Waals surface area (Å²) in [6, 6.07) is 16.0. The van der Waals surface area contributed by atoms with Crippen LogP contribution in [0, 0.1) is 0 Å². The van der Waals surface area contributed by atoms with E-state index in [1.54, 1.807) is 20.3 Å². The highest BCUT2D eigenvalue weighted by Gasteiger charge is 2.11. The van der Waals surface area contributed by atoms with Crippen molar-refractivity contribution in [3.63, 3.8) is 0 Å². The topological polar surface area (TPSA) is 18.5 Å². The molecule has 0 radical (unpaired) electrons. The molecule has 0 amide bonds. The van der Waals surface area contributed by atoms with Gasteiger partial charge in [-0.1, -0.05) is 49.1 Å². The van der Waals surface area contributed by atoms with Crippen LogP contribution < -0.4 is 9.47 Å². The summed E-state index contributed by atoms with van der Waals surface area (Å²) in [7, 11) is 3.31. The number of rotatable bonds is 5. The molecule has 2 aromatic carbocycles. The molecule has 0 aliphatic carbocycles. The minimum Gasteiger partial charge on any atom is -0.497 e. The summed E-state index contributed by atoms with van der Waals surface area (Å²) in [4.78, 5) is 0. The lowest BCUT2D eigenvalue weighted by Crippen LogP contribution is -1.95. The normalized spacial score (nSPS) is 11.0. The average molecular weight is 266 g/mol. The minimum atomic E-state index is 0.775. The summed E-state index contributed by atoms with van der Waals surface area (Å²) in [5, 5.41) is 0. The molecule has 0 spiro atoms. The molecule has 0 aliphatic rings. The Hall–Kier alpha value is -2.48. The van der Waals surface area contributed by atoms with E-state index in [4.69, 9.17) is 9.47 Å². The maximum Gasteiger partial charge on any atom is 0.130 e. The molecule has 0 saturated carbocycles. The standard InChI is InChI=1S/C18H18O2/c1-4-8-16(14-9-6-5-7-10-14)17-12-11-15(19-2)13-18(17)20-3/h4-13H,1H2,2-3H3. The highest BCUT2D eigenvalue weighted by Crippen LogP contribution is 2.33. The summed E-state index contributed by atoms with van der Waals surface area (Å²) < 4.78 is 10.7. The van der Waals surface area contributed by atoms with Gasteiger partial charge in [0.15, 0.2) is 0 Å². The lowest BCUT2D eigenvalue weighted by molar-refractivity contribution is 0.393. The van der Waals surface area contributed by atoms with Gasteiger partial charge in [-0.05, 0) is 23.3 Å². The predicted octanol–water partition coefficient (Wildman–Crippen LogP) is 4.32. The fourth-order valence-corrected chi connectivity index (χ4v) is 2.10. The molecule has 0 saturated heterocycles. The molecule has 0 atom stereocenters. The number of hydrogen-bond donors (Lipinski definition) is 0. The molecule has 2 nitrogen and oxygen atoms in total. The van der Waals surface area contributed by atoms with Gasteiger partial charge in [-0.2, -0.15) is 0 Å². The van der Waals surface area contributed by atoms with Gasteiger partial charge in [0, 0.05) is 11.6 Å². The fraction of sp³-hybridized carbons (Fsp3) is 0.111. The van der Waals surface area contributed by atoms with Crippen LogP contribution >= 0.6 is 0 Å². The van der Waals surface area contributed by atoms with Crippen LogP contribution in [0.2, 0.25) is 0 Å². The first kappa shape index (κ1) is 13.9. The van der Waals surface area contributed by atoms with Gasteiger partial charge in [0.1, 0.15) is 11.5 Å². The van der Waals surface area contributed by atoms with Gasteiger partial charge < -0.3 is 9.47 Å². The predicted molar refractivity (Wildman–Crippen MR) is 83.3 cm³/mol. The molecule has 0 aromatic heterocycles. The summed E-state index contributed by atoms with van der Waals surface area (Å²) in [6.45, 7) is 3.80. The Bertz CT molecular complexity index is 613. The Balaban J connectivity index is 2.56. The Morgan fingerprint density at radius 2 is 1.75 bits per heavy atom. The number of allylic oxidation sites excluding steroid dienone is 2. The van der Waals surface area contributed by atoms with Crippen molar-refractivity contribution in [1.82, 2.24) is 0 Å². The molecule has 102 valence electrons. The summed E-state index contributed by atoms with van der Waals surface area (Å²) in [6.07, 6.45) is 3.77. The highest BCUT2D eigenvalue weighted by molar-refractivity contribution is 5.84. The van der Waals surface area contributed by atoms with Crippen molar-refractivity contribution >= 4 is 5.57 Å². The van der Waals surface area contributed by atoms with Gasteiger partial charge in [0.25, 0.3) is 0 Å². The Labute approximate surface area is 120 Å². The van der Waals surface area contributed by atoms with Crippen molar-refractivity contribution in [3.8, 4) is 11.5 Å². The quantitative estimate of drug-likeness (QED) is 0.750. The van der Waals surface area contributed by atoms with Crippen LogP contribution in [0.25, 0.3) is 5.57 Å². The average Bonchev–Trinajstić information content (AvgIpc) is 2.53. The smallest absolute Gasteiger partial charge is 0.130 e. The van der Waals surface area contributed by atoms with E-state index in [9.17, 15) is 0 Å². The molecule has 0 aliphatic heterocycles. The van der Waals surface area contributed by atoms with Crippen molar-refractivity contribution in [3.05, 3.63) is 78.4 Å².